The lowest BCUT2D eigenvalue weighted by molar-refractivity contribution is -0.140. The van der Waals surface area contributed by atoms with Crippen LogP contribution in [0.4, 0.5) is 11.4 Å². The number of carbonyl (C=O) groups excluding carboxylic acids is 3. The molecule has 5 atom stereocenters. The maximum atomic E-state index is 14.9. The van der Waals surface area contributed by atoms with Crippen LogP contribution in [0.1, 0.15) is 50.2 Å². The summed E-state index contributed by atoms with van der Waals surface area (Å²) in [5.74, 6) is -1.47. The minimum atomic E-state index is -1.12. The maximum absolute atomic E-state index is 14.9. The summed E-state index contributed by atoms with van der Waals surface area (Å²) < 4.78 is 12.3. The van der Waals surface area contributed by atoms with Gasteiger partial charge in [-0.25, -0.2) is 0 Å². The Hall–Kier alpha value is -3.95. The van der Waals surface area contributed by atoms with E-state index in [2.05, 4.69) is 13.2 Å². The number of para-hydroxylation sites is 1. The molecule has 3 fully saturated rings. The van der Waals surface area contributed by atoms with E-state index in [1.165, 1.54) is 0 Å². The van der Waals surface area contributed by atoms with E-state index >= 15 is 0 Å². The number of carbonyl (C=O) groups is 3. The molecule has 2 bridgehead atoms. The number of aryl methyl sites for hydroxylation is 2. The molecule has 3 amide bonds. The van der Waals surface area contributed by atoms with E-state index in [1.54, 1.807) is 26.9 Å². The lowest BCUT2D eigenvalue weighted by atomic mass is 9.70. The van der Waals surface area contributed by atoms with Gasteiger partial charge in [-0.15, -0.1) is 13.2 Å². The van der Waals surface area contributed by atoms with Gasteiger partial charge in [0.25, 0.3) is 5.91 Å². The molecule has 1 N–H and O–H groups in total. The number of likely N-dealkylation sites (tertiary alicyclic amines) is 1. The van der Waals surface area contributed by atoms with E-state index in [9.17, 15) is 19.5 Å². The summed E-state index contributed by atoms with van der Waals surface area (Å²) in [6, 6.07) is 12.3. The zero-order valence-corrected chi connectivity index (χ0v) is 27.3. The standard InChI is InChI=1S/C37H47N3O6/c1-6-21-38(27-15-17-28(18-16-27)45-8-3)34(42)30-29-19-20-37(46-29)31(30)35(43)40(23-10-9-11-24-41)33(37)36(44)39(22-7-2)32-25(4)13-12-14-26(32)5/h6-7,12-18,29-31,33,41H,1-2,8-11,19-24H2,3-5H3/t29-,30+,31-,33?,37?/m0/s1. The van der Waals surface area contributed by atoms with Crippen LogP contribution >= 0.6 is 0 Å². The topological polar surface area (TPSA) is 99.6 Å². The predicted octanol–water partition coefficient (Wildman–Crippen LogP) is 4.98. The van der Waals surface area contributed by atoms with Crippen LogP contribution in [0.3, 0.4) is 0 Å². The van der Waals surface area contributed by atoms with E-state index in [0.29, 0.717) is 56.7 Å². The monoisotopic (exact) mass is 629 g/mol. The molecule has 5 rings (SSSR count). The molecule has 246 valence electrons. The van der Waals surface area contributed by atoms with Gasteiger partial charge < -0.3 is 29.3 Å². The van der Waals surface area contributed by atoms with Gasteiger partial charge in [0.2, 0.25) is 11.8 Å². The van der Waals surface area contributed by atoms with E-state index in [0.717, 1.165) is 16.8 Å². The summed E-state index contributed by atoms with van der Waals surface area (Å²) in [6.07, 6.45) is 5.94. The molecule has 9 heteroatoms. The second kappa shape index (κ2) is 14.2. The van der Waals surface area contributed by atoms with Crippen LogP contribution in [-0.4, -0.2) is 78.3 Å². The van der Waals surface area contributed by atoms with Crippen LogP contribution in [0, 0.1) is 25.7 Å². The Morgan fingerprint density at radius 1 is 1.02 bits per heavy atom. The van der Waals surface area contributed by atoms with Crippen molar-refractivity contribution in [2.75, 3.05) is 42.6 Å². The lowest BCUT2D eigenvalue weighted by Crippen LogP contribution is -2.57. The van der Waals surface area contributed by atoms with E-state index in [4.69, 9.17) is 9.47 Å². The summed E-state index contributed by atoms with van der Waals surface area (Å²) >= 11 is 0. The summed E-state index contributed by atoms with van der Waals surface area (Å²) in [4.78, 5) is 49.0. The van der Waals surface area contributed by atoms with Crippen molar-refractivity contribution in [3.63, 3.8) is 0 Å². The minimum Gasteiger partial charge on any atom is -0.494 e. The molecule has 3 aliphatic heterocycles. The minimum absolute atomic E-state index is 0.0641. The van der Waals surface area contributed by atoms with E-state index in [1.807, 2.05) is 63.2 Å². The third-order valence-electron chi connectivity index (χ3n) is 9.70. The molecule has 2 aromatic carbocycles. The molecule has 1 spiro atoms. The van der Waals surface area contributed by atoms with Gasteiger partial charge >= 0.3 is 0 Å². The van der Waals surface area contributed by atoms with Crippen molar-refractivity contribution >= 4 is 29.1 Å². The zero-order valence-electron chi connectivity index (χ0n) is 27.3. The van der Waals surface area contributed by atoms with Gasteiger partial charge in [0.05, 0.1) is 24.5 Å². The Balaban J connectivity index is 1.54. The first-order valence-corrected chi connectivity index (χ1v) is 16.5. The van der Waals surface area contributed by atoms with Crippen molar-refractivity contribution in [2.45, 2.75) is 70.6 Å². The molecule has 3 saturated heterocycles. The fraction of sp³-hybridized carbons (Fsp3) is 0.486. The van der Waals surface area contributed by atoms with Gasteiger partial charge in [0.15, 0.2) is 0 Å². The maximum Gasteiger partial charge on any atom is 0.253 e. The van der Waals surface area contributed by atoms with Crippen molar-refractivity contribution in [2.24, 2.45) is 11.8 Å². The van der Waals surface area contributed by atoms with E-state index in [-0.39, 0.29) is 37.4 Å². The van der Waals surface area contributed by atoms with Crippen LogP contribution in [0.5, 0.6) is 5.75 Å². The molecule has 46 heavy (non-hydrogen) atoms. The Bertz CT molecular complexity index is 1440. The molecule has 9 nitrogen and oxygen atoms in total. The molecule has 3 heterocycles. The second-order valence-electron chi connectivity index (χ2n) is 12.5. The average molecular weight is 630 g/mol. The molecule has 0 aromatic heterocycles. The normalized spacial score (nSPS) is 24.5. The number of hydrogen-bond donors (Lipinski definition) is 1. The molecule has 2 aromatic rings. The number of nitrogens with zero attached hydrogens (tertiary/aromatic N) is 3. The van der Waals surface area contributed by atoms with Crippen LogP contribution in [0.25, 0.3) is 0 Å². The highest BCUT2D eigenvalue weighted by molar-refractivity contribution is 6.07. The number of aliphatic hydroxyl groups excluding tert-OH is 1. The predicted molar refractivity (Wildman–Crippen MR) is 179 cm³/mol. The second-order valence-corrected chi connectivity index (χ2v) is 12.5. The first-order valence-electron chi connectivity index (χ1n) is 16.5. The Kier molecular flexibility index (Phi) is 10.3. The smallest absolute Gasteiger partial charge is 0.253 e. The number of hydrogen-bond acceptors (Lipinski definition) is 6. The lowest BCUT2D eigenvalue weighted by Gasteiger charge is -2.37. The van der Waals surface area contributed by atoms with E-state index < -0.39 is 29.6 Å². The number of anilines is 2. The summed E-state index contributed by atoms with van der Waals surface area (Å²) in [6.45, 7) is 15.1. The van der Waals surface area contributed by atoms with Crippen molar-refractivity contribution in [1.82, 2.24) is 4.90 Å². The van der Waals surface area contributed by atoms with Crippen molar-refractivity contribution in [3.05, 3.63) is 78.9 Å². The number of fused-ring (bicyclic) bond motifs is 1. The van der Waals surface area contributed by atoms with Crippen molar-refractivity contribution in [1.29, 1.82) is 0 Å². The number of aliphatic hydroxyl groups is 1. The Morgan fingerprint density at radius 2 is 1.70 bits per heavy atom. The third-order valence-corrected chi connectivity index (χ3v) is 9.70. The van der Waals surface area contributed by atoms with Crippen LogP contribution in [0.15, 0.2) is 67.8 Å². The highest BCUT2D eigenvalue weighted by Gasteiger charge is 2.75. The Morgan fingerprint density at radius 3 is 2.33 bits per heavy atom. The molecule has 2 unspecified atom stereocenters. The van der Waals surface area contributed by atoms with Crippen LogP contribution in [0.2, 0.25) is 0 Å². The summed E-state index contributed by atoms with van der Waals surface area (Å²) in [5.41, 5.74) is 2.25. The number of unbranched alkanes of at least 4 members (excludes halogenated alkanes) is 2. The highest BCUT2D eigenvalue weighted by Crippen LogP contribution is 2.59. The van der Waals surface area contributed by atoms with Crippen LogP contribution < -0.4 is 14.5 Å². The fourth-order valence-electron chi connectivity index (χ4n) is 7.85. The van der Waals surface area contributed by atoms with Gasteiger partial charge in [-0.3, -0.25) is 14.4 Å². The largest absolute Gasteiger partial charge is 0.494 e. The molecular weight excluding hydrogens is 582 g/mol. The van der Waals surface area contributed by atoms with Gasteiger partial charge in [-0.05, 0) is 88.3 Å². The molecule has 3 aliphatic rings. The quantitative estimate of drug-likeness (QED) is 0.221. The molecular formula is C37H47N3O6. The molecule has 0 saturated carbocycles. The zero-order chi connectivity index (χ0) is 33.0. The first kappa shape index (κ1) is 33.4. The SMILES string of the molecule is C=CCN(C(=O)[C@@H]1[C@@H]2CCC3(O2)C(C(=O)N(CC=C)c2c(C)cccc2C)N(CCCCCO)C(=O)[C@H]13)c1ccc(OCC)cc1. The average Bonchev–Trinajstić information content (AvgIpc) is 3.69. The summed E-state index contributed by atoms with van der Waals surface area (Å²) in [7, 11) is 0. The first-order chi connectivity index (χ1) is 22.2. The number of benzene rings is 2. The van der Waals surface area contributed by atoms with Crippen LogP contribution in [-0.2, 0) is 19.1 Å². The number of amides is 3. The summed E-state index contributed by atoms with van der Waals surface area (Å²) in [5, 5.41) is 9.38. The number of ether oxygens (including phenoxy) is 2. The number of rotatable bonds is 15. The van der Waals surface area contributed by atoms with Gasteiger partial charge in [-0.2, -0.15) is 0 Å². The van der Waals surface area contributed by atoms with Crippen molar-refractivity contribution in [3.8, 4) is 5.75 Å². The molecule has 0 radical (unpaired) electrons. The Labute approximate surface area is 272 Å². The van der Waals surface area contributed by atoms with Gasteiger partial charge in [0.1, 0.15) is 17.4 Å². The van der Waals surface area contributed by atoms with Crippen molar-refractivity contribution < 1.29 is 29.0 Å². The van der Waals surface area contributed by atoms with Gasteiger partial charge in [-0.1, -0.05) is 30.4 Å². The molecule has 0 aliphatic carbocycles. The van der Waals surface area contributed by atoms with Gasteiger partial charge in [0, 0.05) is 37.6 Å². The fourth-order valence-corrected chi connectivity index (χ4v) is 7.85. The third kappa shape index (κ3) is 5.86. The highest BCUT2D eigenvalue weighted by atomic mass is 16.5.